The summed E-state index contributed by atoms with van der Waals surface area (Å²) in [5.41, 5.74) is -6.03. The highest BCUT2D eigenvalue weighted by Crippen LogP contribution is 2.73. The molecule has 7 N–H and O–H groups in total. The Balaban J connectivity index is 1.43. The van der Waals surface area contributed by atoms with Crippen molar-refractivity contribution in [3.63, 3.8) is 0 Å². The Hall–Kier alpha value is -3.00. The Morgan fingerprint density at radius 1 is 1.04 bits per heavy atom. The second-order valence-corrected chi connectivity index (χ2v) is 15.5. The third-order valence-corrected chi connectivity index (χ3v) is 12.4. The summed E-state index contributed by atoms with van der Waals surface area (Å²) in [6.45, 7) is 6.55. The van der Waals surface area contributed by atoms with E-state index in [1.54, 1.807) is 13.8 Å². The average Bonchev–Trinajstić information content (AvgIpc) is 3.36. The first kappa shape index (κ1) is 37.7. The normalized spacial score (nSPS) is 46.5. The third-order valence-electron chi connectivity index (χ3n) is 12.4. The van der Waals surface area contributed by atoms with Crippen LogP contribution >= 0.6 is 0 Å². The molecule has 17 heteroatoms. The Labute approximate surface area is 292 Å². The summed E-state index contributed by atoms with van der Waals surface area (Å²) in [4.78, 5) is 54.7. The highest BCUT2D eigenvalue weighted by molar-refractivity contribution is 5.96. The molecule has 3 aliphatic carbocycles. The molecule has 3 heterocycles. The molecule has 0 radical (unpaired) electrons. The molecule has 5 fully saturated rings. The van der Waals surface area contributed by atoms with E-state index in [1.165, 1.54) is 20.8 Å². The summed E-state index contributed by atoms with van der Waals surface area (Å²) in [6, 6.07) is 0. The van der Waals surface area contributed by atoms with Gasteiger partial charge in [-0.2, -0.15) is 0 Å². The number of Topliss-reactive ketones (excluding diaryl/α,β-unsaturated/α-hetero) is 1. The zero-order valence-electron chi connectivity index (χ0n) is 29.0. The van der Waals surface area contributed by atoms with Gasteiger partial charge in [0.1, 0.15) is 36.6 Å². The smallest absolute Gasteiger partial charge is 0.348 e. The number of aliphatic hydroxyl groups excluding tert-OH is 6. The lowest BCUT2D eigenvalue weighted by Crippen LogP contribution is -2.79. The van der Waals surface area contributed by atoms with Gasteiger partial charge in [0.05, 0.1) is 37.9 Å². The number of carbonyl (C=O) groups excluding carboxylic acids is 4. The highest BCUT2D eigenvalue weighted by Gasteiger charge is 2.85. The lowest BCUT2D eigenvalue weighted by atomic mass is 9.38. The van der Waals surface area contributed by atoms with Crippen LogP contribution in [0.15, 0.2) is 23.0 Å². The fourth-order valence-electron chi connectivity index (χ4n) is 9.80. The molecule has 0 aromatic carbocycles. The number of carbonyl (C=O) groups is 4. The molecule has 3 saturated heterocycles. The van der Waals surface area contributed by atoms with E-state index in [9.17, 15) is 54.9 Å². The van der Waals surface area contributed by atoms with E-state index in [4.69, 9.17) is 28.4 Å². The molecular weight excluding hydrogens is 680 g/mol. The van der Waals surface area contributed by atoms with Gasteiger partial charge in [-0.05, 0) is 56.6 Å². The fourth-order valence-corrected chi connectivity index (χ4v) is 9.80. The summed E-state index contributed by atoms with van der Waals surface area (Å²) in [6.07, 6.45) is -14.3. The van der Waals surface area contributed by atoms with Gasteiger partial charge in [0, 0.05) is 23.8 Å². The van der Waals surface area contributed by atoms with E-state index in [-0.39, 0.29) is 30.8 Å². The van der Waals surface area contributed by atoms with Gasteiger partial charge in [-0.25, -0.2) is 14.4 Å². The number of ether oxygens (including phenoxy) is 6. The number of methoxy groups -OCH3 is 1. The highest BCUT2D eigenvalue weighted by atomic mass is 16.7. The number of rotatable bonds is 7. The predicted molar refractivity (Wildman–Crippen MR) is 165 cm³/mol. The molecule has 6 aliphatic rings. The minimum atomic E-state index is -2.38. The lowest BCUT2D eigenvalue weighted by molar-refractivity contribution is -0.296. The van der Waals surface area contributed by atoms with Crippen molar-refractivity contribution in [1.29, 1.82) is 0 Å². The van der Waals surface area contributed by atoms with Gasteiger partial charge in [-0.1, -0.05) is 6.92 Å². The van der Waals surface area contributed by atoms with Gasteiger partial charge in [0.2, 0.25) is 18.0 Å². The van der Waals surface area contributed by atoms with Crippen molar-refractivity contribution in [2.75, 3.05) is 20.3 Å². The molecule has 6 rings (SSSR count). The SMILES string of the molecule is COC(=O)C12OC[C@]34[C@H]([C@@H](O)[C@@H]1O)[C@@]1(C)CC(=O)C(O[C@@H]5O[C@H](CO)[C@@H](O)[C@H](O)[C@H]5O)=C(C)[C@@H]1C[C@H]3OC(=O)[C@H](OC(=O)/C=C(\C)C(C)(C)O)[C@@H]24. The minimum absolute atomic E-state index is 0.00228. The van der Waals surface area contributed by atoms with Gasteiger partial charge in [0.25, 0.3) is 0 Å². The van der Waals surface area contributed by atoms with E-state index >= 15 is 0 Å². The molecule has 0 amide bonds. The van der Waals surface area contributed by atoms with E-state index in [2.05, 4.69) is 0 Å². The average molecular weight is 727 g/mol. The summed E-state index contributed by atoms with van der Waals surface area (Å²) in [5.74, 6) is -7.35. The van der Waals surface area contributed by atoms with Crippen LogP contribution in [0.4, 0.5) is 0 Å². The summed E-state index contributed by atoms with van der Waals surface area (Å²) in [7, 11) is 1.04. The molecule has 3 aliphatic heterocycles. The van der Waals surface area contributed by atoms with Crippen LogP contribution in [-0.2, 0) is 47.6 Å². The maximum Gasteiger partial charge on any atom is 0.348 e. The summed E-state index contributed by atoms with van der Waals surface area (Å²) < 4.78 is 34.2. The van der Waals surface area contributed by atoms with E-state index in [0.717, 1.165) is 13.2 Å². The third kappa shape index (κ3) is 5.22. The summed E-state index contributed by atoms with van der Waals surface area (Å²) in [5, 5.41) is 74.9. The number of fused-ring (bicyclic) bond motifs is 2. The Kier molecular flexibility index (Phi) is 9.29. The van der Waals surface area contributed by atoms with Crippen molar-refractivity contribution >= 4 is 23.7 Å². The largest absolute Gasteiger partial charge is 0.467 e. The van der Waals surface area contributed by atoms with Crippen LogP contribution in [0.1, 0.15) is 47.5 Å². The van der Waals surface area contributed by atoms with Gasteiger partial charge >= 0.3 is 17.9 Å². The van der Waals surface area contributed by atoms with E-state index < -0.39 is 125 Å². The molecular formula is C34H46O17. The molecule has 15 atom stereocenters. The molecule has 2 bridgehead atoms. The number of ketones is 1. The first-order chi connectivity index (χ1) is 23.7. The molecule has 2 saturated carbocycles. The maximum absolute atomic E-state index is 14.0. The van der Waals surface area contributed by atoms with Gasteiger partial charge in [0.15, 0.2) is 11.5 Å². The maximum atomic E-state index is 14.0. The van der Waals surface area contributed by atoms with Gasteiger partial charge in [-0.15, -0.1) is 0 Å². The molecule has 51 heavy (non-hydrogen) atoms. The van der Waals surface area contributed by atoms with Crippen molar-refractivity contribution in [1.82, 2.24) is 0 Å². The van der Waals surface area contributed by atoms with Gasteiger partial charge in [-0.3, -0.25) is 4.79 Å². The topological polar surface area (TPSA) is 265 Å². The quantitative estimate of drug-likeness (QED) is 0.0814. The number of allylic oxidation sites excluding steroid dienone is 2. The van der Waals surface area contributed by atoms with Crippen molar-refractivity contribution in [2.45, 2.75) is 114 Å². The number of aliphatic hydroxyl groups is 7. The van der Waals surface area contributed by atoms with Crippen molar-refractivity contribution in [3.05, 3.63) is 23.0 Å². The molecule has 284 valence electrons. The summed E-state index contributed by atoms with van der Waals surface area (Å²) >= 11 is 0. The van der Waals surface area contributed by atoms with Crippen molar-refractivity contribution < 1.29 is 83.3 Å². The number of hydrogen-bond acceptors (Lipinski definition) is 17. The molecule has 0 aromatic rings. The Morgan fingerprint density at radius 3 is 2.31 bits per heavy atom. The van der Waals surface area contributed by atoms with Crippen LogP contribution in [0.25, 0.3) is 0 Å². The van der Waals surface area contributed by atoms with Crippen LogP contribution in [0.2, 0.25) is 0 Å². The molecule has 17 nitrogen and oxygen atoms in total. The minimum Gasteiger partial charge on any atom is -0.467 e. The zero-order valence-corrected chi connectivity index (χ0v) is 29.0. The molecule has 0 aromatic heterocycles. The Bertz CT molecular complexity index is 1550. The van der Waals surface area contributed by atoms with Crippen molar-refractivity contribution in [2.24, 2.45) is 28.6 Å². The van der Waals surface area contributed by atoms with Crippen LogP contribution in [0.3, 0.4) is 0 Å². The standard InChI is InChI=1S/C34H46O17/c1-12(31(3,4)45)7-18(37)50-24-26-33-11-47-34(26,30(44)46-6)27(42)22(41)25(33)32(5)9-15(36)23(13(2)14(32)8-17(33)49-28(24)43)51-29-21(40)20(39)19(38)16(10-35)48-29/h7,14,16-17,19-22,24-27,29,35,38-42,45H,8-11H2,1-6H3/b12-7+/t14-,16+,17+,19+,20-,21+,22+,24+,25+,26+,27-,29-,32-,33+,34?/m0/s1. The first-order valence-electron chi connectivity index (χ1n) is 16.8. The second kappa shape index (κ2) is 12.6. The van der Waals surface area contributed by atoms with Crippen LogP contribution in [-0.4, -0.2) is 146 Å². The lowest BCUT2D eigenvalue weighted by Gasteiger charge is -2.67. The Morgan fingerprint density at radius 2 is 1.71 bits per heavy atom. The fraction of sp³-hybridized carbons (Fsp3) is 0.765. The monoisotopic (exact) mass is 726 g/mol. The van der Waals surface area contributed by atoms with Crippen molar-refractivity contribution in [3.8, 4) is 0 Å². The van der Waals surface area contributed by atoms with Gasteiger partial charge < -0.3 is 64.2 Å². The second-order valence-electron chi connectivity index (χ2n) is 15.5. The van der Waals surface area contributed by atoms with Crippen LogP contribution < -0.4 is 0 Å². The number of hydrogen-bond donors (Lipinski definition) is 7. The zero-order chi connectivity index (χ0) is 37.7. The van der Waals surface area contributed by atoms with E-state index in [0.29, 0.717) is 5.57 Å². The molecule has 1 spiro atoms. The van der Waals surface area contributed by atoms with Crippen LogP contribution in [0.5, 0.6) is 0 Å². The number of esters is 3. The van der Waals surface area contributed by atoms with Crippen LogP contribution in [0, 0.1) is 28.6 Å². The van der Waals surface area contributed by atoms with E-state index in [1.807, 2.05) is 0 Å². The predicted octanol–water partition coefficient (Wildman–Crippen LogP) is -2.47. The molecule has 1 unspecified atom stereocenters. The first-order valence-corrected chi connectivity index (χ1v) is 16.8.